The number of carbonyl (C=O) groups excluding carboxylic acids is 3. The van der Waals surface area contributed by atoms with Crippen molar-refractivity contribution in [2.24, 2.45) is 0 Å². The van der Waals surface area contributed by atoms with Crippen LogP contribution in [0, 0.1) is 10.1 Å². The van der Waals surface area contributed by atoms with Gasteiger partial charge >= 0.3 is 0 Å². The van der Waals surface area contributed by atoms with Crippen LogP contribution in [-0.4, -0.2) is 34.1 Å². The summed E-state index contributed by atoms with van der Waals surface area (Å²) < 4.78 is 0. The van der Waals surface area contributed by atoms with Crippen molar-refractivity contribution in [1.29, 1.82) is 0 Å². The fourth-order valence-electron chi connectivity index (χ4n) is 2.88. The summed E-state index contributed by atoms with van der Waals surface area (Å²) in [4.78, 5) is 48.2. The van der Waals surface area contributed by atoms with Gasteiger partial charge in [0.05, 0.1) is 16.5 Å². The average molecular weight is 388 g/mol. The Hall–Kier alpha value is -3.26. The molecule has 9 heteroatoms. The van der Waals surface area contributed by atoms with E-state index < -0.39 is 34.9 Å². The van der Waals surface area contributed by atoms with Crippen LogP contribution in [0.5, 0.6) is 0 Å². The van der Waals surface area contributed by atoms with Crippen LogP contribution in [0.25, 0.3) is 0 Å². The molecule has 2 aromatic carbocycles. The summed E-state index contributed by atoms with van der Waals surface area (Å²) >= 11 is 5.83. The van der Waals surface area contributed by atoms with Gasteiger partial charge in [0.15, 0.2) is 0 Å². The molecule has 3 rings (SSSR count). The van der Waals surface area contributed by atoms with E-state index in [1.54, 1.807) is 31.2 Å². The van der Waals surface area contributed by atoms with Gasteiger partial charge in [-0.1, -0.05) is 29.8 Å². The predicted molar refractivity (Wildman–Crippen MR) is 96.5 cm³/mol. The molecule has 0 unspecified atom stereocenters. The summed E-state index contributed by atoms with van der Waals surface area (Å²) in [6.45, 7) is 1.22. The summed E-state index contributed by atoms with van der Waals surface area (Å²) in [5, 5.41) is 14.3. The zero-order valence-electron chi connectivity index (χ0n) is 14.1. The van der Waals surface area contributed by atoms with E-state index in [0.717, 1.165) is 11.6 Å². The van der Waals surface area contributed by atoms with Crippen LogP contribution in [0.4, 0.5) is 5.69 Å². The second-order valence-electron chi connectivity index (χ2n) is 5.99. The number of hydrogen-bond acceptors (Lipinski definition) is 5. The van der Waals surface area contributed by atoms with E-state index in [1.165, 1.54) is 12.1 Å². The Kier molecular flexibility index (Phi) is 4.91. The first-order valence-electron chi connectivity index (χ1n) is 7.98. The predicted octanol–water partition coefficient (Wildman–Crippen LogP) is 2.72. The molecule has 27 heavy (non-hydrogen) atoms. The molecule has 0 aliphatic carbocycles. The average Bonchev–Trinajstić information content (AvgIpc) is 2.87. The van der Waals surface area contributed by atoms with Crippen LogP contribution in [-0.2, 0) is 4.79 Å². The number of fused-ring (bicyclic) bond motifs is 1. The lowest BCUT2D eigenvalue weighted by Gasteiger charge is -2.17. The highest BCUT2D eigenvalue weighted by Crippen LogP contribution is 2.30. The monoisotopic (exact) mass is 387 g/mol. The van der Waals surface area contributed by atoms with E-state index in [2.05, 4.69) is 5.32 Å². The number of nitro groups is 1. The summed E-state index contributed by atoms with van der Waals surface area (Å²) in [5.41, 5.74) is -0.0205. The van der Waals surface area contributed by atoms with E-state index in [1.807, 2.05) is 0 Å². The molecule has 1 atom stereocenters. The normalized spacial score (nSPS) is 14.1. The lowest BCUT2D eigenvalue weighted by Crippen LogP contribution is -2.41. The largest absolute Gasteiger partial charge is 0.348 e. The van der Waals surface area contributed by atoms with Crippen LogP contribution in [0.15, 0.2) is 42.5 Å². The number of nitrogens with zero attached hydrogens (tertiary/aromatic N) is 2. The molecule has 1 aliphatic rings. The van der Waals surface area contributed by atoms with Crippen LogP contribution in [0.1, 0.15) is 39.2 Å². The molecule has 0 bridgehead atoms. The Morgan fingerprint density at radius 2 is 1.85 bits per heavy atom. The van der Waals surface area contributed by atoms with Crippen LogP contribution >= 0.6 is 11.6 Å². The fraction of sp³-hybridized carbons (Fsp3) is 0.167. The SMILES string of the molecule is C[C@@H](NC(=O)CN1C(=O)c2cccc([N+](=O)[O-])c2C1=O)c1ccc(Cl)cc1. The second-order valence-corrected chi connectivity index (χ2v) is 6.43. The molecule has 1 heterocycles. The van der Waals surface area contributed by atoms with Gasteiger partial charge in [-0.05, 0) is 30.7 Å². The molecule has 8 nitrogen and oxygen atoms in total. The number of nitrogens with one attached hydrogen (secondary N) is 1. The van der Waals surface area contributed by atoms with Gasteiger partial charge in [0, 0.05) is 11.1 Å². The maximum Gasteiger partial charge on any atom is 0.282 e. The Balaban J connectivity index is 1.74. The first kappa shape index (κ1) is 18.5. The molecule has 0 saturated carbocycles. The minimum Gasteiger partial charge on any atom is -0.348 e. The number of nitro benzene ring substituents is 1. The number of carbonyl (C=O) groups is 3. The highest BCUT2D eigenvalue weighted by molar-refractivity contribution is 6.30. The first-order chi connectivity index (χ1) is 12.8. The van der Waals surface area contributed by atoms with Crippen LogP contribution in [0.3, 0.4) is 0 Å². The number of amides is 3. The van der Waals surface area contributed by atoms with E-state index in [9.17, 15) is 24.5 Å². The quantitative estimate of drug-likeness (QED) is 0.482. The summed E-state index contributed by atoms with van der Waals surface area (Å²) in [6.07, 6.45) is 0. The smallest absolute Gasteiger partial charge is 0.282 e. The highest BCUT2D eigenvalue weighted by Gasteiger charge is 2.41. The number of hydrogen-bond donors (Lipinski definition) is 1. The molecule has 0 fully saturated rings. The maximum atomic E-state index is 12.5. The minimum atomic E-state index is -0.850. The topological polar surface area (TPSA) is 110 Å². The summed E-state index contributed by atoms with van der Waals surface area (Å²) in [5.74, 6) is -2.14. The van der Waals surface area contributed by atoms with Gasteiger partial charge in [0.1, 0.15) is 12.1 Å². The van der Waals surface area contributed by atoms with Crippen molar-refractivity contribution in [3.63, 3.8) is 0 Å². The van der Waals surface area contributed by atoms with Gasteiger partial charge in [-0.2, -0.15) is 0 Å². The molecule has 0 saturated heterocycles. The summed E-state index contributed by atoms with van der Waals surface area (Å²) in [6, 6.07) is 10.3. The third-order valence-corrected chi connectivity index (χ3v) is 4.47. The van der Waals surface area contributed by atoms with Gasteiger partial charge < -0.3 is 5.32 Å². The fourth-order valence-corrected chi connectivity index (χ4v) is 3.00. The van der Waals surface area contributed by atoms with Crippen LogP contribution < -0.4 is 5.32 Å². The third-order valence-electron chi connectivity index (χ3n) is 4.22. The molecule has 1 N–H and O–H groups in total. The molecular formula is C18H14ClN3O5. The Bertz CT molecular complexity index is 958. The van der Waals surface area contributed by atoms with Gasteiger partial charge in [0.25, 0.3) is 17.5 Å². The highest BCUT2D eigenvalue weighted by atomic mass is 35.5. The molecule has 0 radical (unpaired) electrons. The van der Waals surface area contributed by atoms with Crippen molar-refractivity contribution in [2.75, 3.05) is 6.54 Å². The number of halogens is 1. The van der Waals surface area contributed by atoms with Gasteiger partial charge in [-0.25, -0.2) is 0 Å². The zero-order chi connectivity index (χ0) is 19.7. The molecule has 2 aromatic rings. The zero-order valence-corrected chi connectivity index (χ0v) is 14.9. The van der Waals surface area contributed by atoms with E-state index in [0.29, 0.717) is 9.92 Å². The first-order valence-corrected chi connectivity index (χ1v) is 8.36. The maximum absolute atomic E-state index is 12.5. The van der Waals surface area contributed by atoms with Crippen molar-refractivity contribution >= 4 is 35.0 Å². The minimum absolute atomic E-state index is 0.0762. The Morgan fingerprint density at radius 1 is 1.19 bits per heavy atom. The molecule has 138 valence electrons. The number of benzene rings is 2. The van der Waals surface area contributed by atoms with Crippen molar-refractivity contribution in [1.82, 2.24) is 10.2 Å². The van der Waals surface area contributed by atoms with Gasteiger partial charge in [-0.3, -0.25) is 29.4 Å². The molecule has 0 aromatic heterocycles. The standard InChI is InChI=1S/C18H14ClN3O5/c1-10(11-5-7-12(19)8-6-11)20-15(23)9-21-17(24)13-3-2-4-14(22(26)27)16(13)18(21)25/h2-8,10H,9H2,1H3,(H,20,23)/t10-/m1/s1. The molecule has 1 aliphatic heterocycles. The van der Waals surface area contributed by atoms with Gasteiger partial charge in [-0.15, -0.1) is 0 Å². The second kappa shape index (κ2) is 7.16. The lowest BCUT2D eigenvalue weighted by molar-refractivity contribution is -0.385. The number of imide groups is 1. The molecule has 3 amide bonds. The van der Waals surface area contributed by atoms with Gasteiger partial charge in [0.2, 0.25) is 5.91 Å². The van der Waals surface area contributed by atoms with Crippen molar-refractivity contribution in [3.05, 3.63) is 74.3 Å². The molecule has 0 spiro atoms. The van der Waals surface area contributed by atoms with Crippen molar-refractivity contribution in [2.45, 2.75) is 13.0 Å². The third kappa shape index (κ3) is 3.52. The summed E-state index contributed by atoms with van der Waals surface area (Å²) in [7, 11) is 0. The van der Waals surface area contributed by atoms with E-state index >= 15 is 0 Å². The molecular weight excluding hydrogens is 374 g/mol. The lowest BCUT2D eigenvalue weighted by atomic mass is 10.1. The van der Waals surface area contributed by atoms with Crippen LogP contribution in [0.2, 0.25) is 5.02 Å². The van der Waals surface area contributed by atoms with E-state index in [-0.39, 0.29) is 17.2 Å². The number of rotatable bonds is 5. The Morgan fingerprint density at radius 3 is 2.48 bits per heavy atom. The van der Waals surface area contributed by atoms with E-state index in [4.69, 9.17) is 11.6 Å². The Labute approximate surface area is 158 Å². The van der Waals surface area contributed by atoms with Crippen molar-refractivity contribution < 1.29 is 19.3 Å². The van der Waals surface area contributed by atoms with Crippen molar-refractivity contribution in [3.8, 4) is 0 Å².